The van der Waals surface area contributed by atoms with Crippen LogP contribution in [0.25, 0.3) is 0 Å². The van der Waals surface area contributed by atoms with Crippen molar-refractivity contribution in [1.82, 2.24) is 9.97 Å². The van der Waals surface area contributed by atoms with Crippen LogP contribution in [0.2, 0.25) is 0 Å². The van der Waals surface area contributed by atoms with E-state index in [1.165, 1.54) is 16.7 Å². The second-order valence-electron chi connectivity index (χ2n) is 7.28. The van der Waals surface area contributed by atoms with Crippen LogP contribution in [0.4, 0.5) is 11.6 Å². The Kier molecular flexibility index (Phi) is 5.52. The second kappa shape index (κ2) is 8.21. The van der Waals surface area contributed by atoms with Crippen LogP contribution in [0.15, 0.2) is 30.6 Å². The summed E-state index contributed by atoms with van der Waals surface area (Å²) < 4.78 is 5.55. The fourth-order valence-corrected chi connectivity index (χ4v) is 3.91. The lowest BCUT2D eigenvalue weighted by molar-refractivity contribution is 0.110. The van der Waals surface area contributed by atoms with Crippen LogP contribution in [0, 0.1) is 0 Å². The van der Waals surface area contributed by atoms with Gasteiger partial charge >= 0.3 is 0 Å². The molecule has 7 heteroatoms. The molecular formula is C20H27N5O2. The molecular weight excluding hydrogens is 342 g/mol. The van der Waals surface area contributed by atoms with Crippen LogP contribution in [0.1, 0.15) is 23.1 Å². The number of hydrogen-bond acceptors (Lipinski definition) is 7. The van der Waals surface area contributed by atoms with Crippen LogP contribution in [0.3, 0.4) is 0 Å². The highest BCUT2D eigenvalue weighted by molar-refractivity contribution is 5.50. The molecule has 0 saturated carbocycles. The van der Waals surface area contributed by atoms with Gasteiger partial charge in [-0.05, 0) is 36.0 Å². The van der Waals surface area contributed by atoms with Gasteiger partial charge in [-0.25, -0.2) is 9.97 Å². The number of nitrogens with one attached hydrogen (secondary N) is 1. The molecule has 1 saturated heterocycles. The smallest absolute Gasteiger partial charge is 0.134 e. The van der Waals surface area contributed by atoms with Crippen molar-refractivity contribution in [2.24, 2.45) is 5.73 Å². The van der Waals surface area contributed by atoms with E-state index in [4.69, 9.17) is 10.5 Å². The number of rotatable bonds is 6. The molecule has 144 valence electrons. The van der Waals surface area contributed by atoms with Crippen molar-refractivity contribution in [3.05, 3.63) is 47.3 Å². The quantitative estimate of drug-likeness (QED) is 0.702. The summed E-state index contributed by atoms with van der Waals surface area (Å²) in [5, 5.41) is 13.3. The molecule has 0 amide bonds. The minimum Gasteiger partial charge on any atom is -0.391 e. The van der Waals surface area contributed by atoms with Crippen LogP contribution in [-0.4, -0.2) is 53.5 Å². The predicted octanol–water partition coefficient (Wildman–Crippen LogP) is 1.10. The van der Waals surface area contributed by atoms with Crippen molar-refractivity contribution in [2.75, 3.05) is 36.5 Å². The van der Waals surface area contributed by atoms with Gasteiger partial charge in [-0.2, -0.15) is 0 Å². The Morgan fingerprint density at radius 3 is 3.07 bits per heavy atom. The summed E-state index contributed by atoms with van der Waals surface area (Å²) in [5.41, 5.74) is 9.84. The van der Waals surface area contributed by atoms with Gasteiger partial charge < -0.3 is 25.8 Å². The lowest BCUT2D eigenvalue weighted by Gasteiger charge is -2.24. The third-order valence-corrected chi connectivity index (χ3v) is 5.38. The standard InChI is InChI=1S/C20H27N5O2/c21-10-17-8-18(26)11-25(17)20-9-19(23-13-24-20)22-5-3-14-1-2-15-4-6-27-12-16(15)7-14/h1-2,7,9,13,17-18,26H,3-6,8,10-12,21H2,(H,22,23,24)/t17-,18-/m1/s1. The van der Waals surface area contributed by atoms with Crippen molar-refractivity contribution in [3.63, 3.8) is 0 Å². The Balaban J connectivity index is 1.36. The molecule has 4 rings (SSSR count). The van der Waals surface area contributed by atoms with E-state index in [0.29, 0.717) is 19.5 Å². The Bertz CT molecular complexity index is 785. The van der Waals surface area contributed by atoms with E-state index in [0.717, 1.165) is 44.2 Å². The number of aliphatic hydroxyl groups is 1. The number of aromatic nitrogens is 2. The lowest BCUT2D eigenvalue weighted by Crippen LogP contribution is -2.36. The van der Waals surface area contributed by atoms with Gasteiger partial charge in [-0.1, -0.05) is 18.2 Å². The Morgan fingerprint density at radius 1 is 1.26 bits per heavy atom. The number of fused-ring (bicyclic) bond motifs is 1. The molecule has 1 fully saturated rings. The zero-order chi connectivity index (χ0) is 18.6. The molecule has 0 unspecified atom stereocenters. The van der Waals surface area contributed by atoms with E-state index in [9.17, 15) is 5.11 Å². The molecule has 2 aliphatic heterocycles. The fourth-order valence-electron chi connectivity index (χ4n) is 3.91. The SMILES string of the molecule is NC[C@H]1C[C@@H](O)CN1c1cc(NCCc2ccc3c(c2)COCC3)ncn1. The molecule has 1 aromatic heterocycles. The van der Waals surface area contributed by atoms with E-state index >= 15 is 0 Å². The molecule has 0 spiro atoms. The predicted molar refractivity (Wildman–Crippen MR) is 105 cm³/mol. The summed E-state index contributed by atoms with van der Waals surface area (Å²) in [6, 6.07) is 8.73. The number of nitrogens with two attached hydrogens (primary N) is 1. The molecule has 0 aliphatic carbocycles. The lowest BCUT2D eigenvalue weighted by atomic mass is 9.99. The maximum Gasteiger partial charge on any atom is 0.134 e. The van der Waals surface area contributed by atoms with E-state index in [1.807, 2.05) is 6.07 Å². The number of nitrogens with zero attached hydrogens (tertiary/aromatic N) is 3. The third kappa shape index (κ3) is 4.21. The molecule has 0 bridgehead atoms. The van der Waals surface area contributed by atoms with Gasteiger partial charge in [-0.15, -0.1) is 0 Å². The second-order valence-corrected chi connectivity index (χ2v) is 7.28. The van der Waals surface area contributed by atoms with Crippen LogP contribution in [0.5, 0.6) is 0 Å². The maximum absolute atomic E-state index is 9.92. The Labute approximate surface area is 159 Å². The van der Waals surface area contributed by atoms with Gasteiger partial charge in [0.25, 0.3) is 0 Å². The Morgan fingerprint density at radius 2 is 2.19 bits per heavy atom. The third-order valence-electron chi connectivity index (χ3n) is 5.38. The molecule has 7 nitrogen and oxygen atoms in total. The van der Waals surface area contributed by atoms with E-state index in [-0.39, 0.29) is 12.1 Å². The van der Waals surface area contributed by atoms with Crippen molar-refractivity contribution < 1.29 is 9.84 Å². The fraction of sp³-hybridized carbons (Fsp3) is 0.500. The molecule has 4 N–H and O–H groups in total. The van der Waals surface area contributed by atoms with Gasteiger partial charge in [0.1, 0.15) is 18.0 Å². The topological polar surface area (TPSA) is 96.5 Å². The average Bonchev–Trinajstić information content (AvgIpc) is 3.09. The first-order valence-electron chi connectivity index (χ1n) is 9.62. The number of hydrogen-bond donors (Lipinski definition) is 3. The zero-order valence-corrected chi connectivity index (χ0v) is 15.5. The van der Waals surface area contributed by atoms with Gasteiger partial charge in [0.05, 0.1) is 19.3 Å². The van der Waals surface area contributed by atoms with Crippen LogP contribution in [-0.2, 0) is 24.2 Å². The number of anilines is 2. The summed E-state index contributed by atoms with van der Waals surface area (Å²) in [5.74, 6) is 1.60. The molecule has 0 radical (unpaired) electrons. The van der Waals surface area contributed by atoms with Gasteiger partial charge in [0.15, 0.2) is 0 Å². The van der Waals surface area contributed by atoms with Crippen molar-refractivity contribution in [3.8, 4) is 0 Å². The summed E-state index contributed by atoms with van der Waals surface area (Å²) in [6.07, 6.45) is 3.82. The molecule has 2 aromatic rings. The summed E-state index contributed by atoms with van der Waals surface area (Å²) in [6.45, 7) is 3.40. The Hall–Kier alpha value is -2.22. The van der Waals surface area contributed by atoms with E-state index in [1.54, 1.807) is 6.33 Å². The summed E-state index contributed by atoms with van der Waals surface area (Å²) in [7, 11) is 0. The van der Waals surface area contributed by atoms with Crippen LogP contribution >= 0.6 is 0 Å². The zero-order valence-electron chi connectivity index (χ0n) is 15.5. The first-order valence-corrected chi connectivity index (χ1v) is 9.62. The van der Waals surface area contributed by atoms with E-state index in [2.05, 4.69) is 38.4 Å². The van der Waals surface area contributed by atoms with Crippen molar-refractivity contribution in [2.45, 2.75) is 38.0 Å². The average molecular weight is 369 g/mol. The largest absolute Gasteiger partial charge is 0.391 e. The first-order chi connectivity index (χ1) is 13.2. The van der Waals surface area contributed by atoms with Crippen molar-refractivity contribution in [1.29, 1.82) is 0 Å². The number of benzene rings is 1. The molecule has 27 heavy (non-hydrogen) atoms. The first kappa shape index (κ1) is 18.2. The highest BCUT2D eigenvalue weighted by atomic mass is 16.5. The van der Waals surface area contributed by atoms with E-state index < -0.39 is 0 Å². The normalized spacial score (nSPS) is 21.9. The number of aliphatic hydroxyl groups excluding tert-OH is 1. The van der Waals surface area contributed by atoms with Gasteiger partial charge in [0, 0.05) is 31.7 Å². The number of β-amino-alcohol motifs (C(OH)–C–C–N with tert-alkyl or cyclic N) is 1. The number of ether oxygens (including phenoxy) is 1. The summed E-state index contributed by atoms with van der Waals surface area (Å²) >= 11 is 0. The van der Waals surface area contributed by atoms with Gasteiger partial charge in [0.2, 0.25) is 0 Å². The van der Waals surface area contributed by atoms with Crippen LogP contribution < -0.4 is 16.0 Å². The van der Waals surface area contributed by atoms with Gasteiger partial charge in [-0.3, -0.25) is 0 Å². The highest BCUT2D eigenvalue weighted by Gasteiger charge is 2.30. The molecule has 2 atom stereocenters. The molecule has 1 aromatic carbocycles. The minimum atomic E-state index is -0.349. The molecule has 3 heterocycles. The van der Waals surface area contributed by atoms with Crippen molar-refractivity contribution >= 4 is 11.6 Å². The maximum atomic E-state index is 9.92. The summed E-state index contributed by atoms with van der Waals surface area (Å²) in [4.78, 5) is 10.8. The highest BCUT2D eigenvalue weighted by Crippen LogP contribution is 2.25. The minimum absolute atomic E-state index is 0.125. The monoisotopic (exact) mass is 369 g/mol. The molecule has 2 aliphatic rings.